The molecule has 100 valence electrons. The Kier molecular flexibility index (Phi) is 3.62. The molecule has 0 aliphatic heterocycles. The first-order chi connectivity index (χ1) is 9.51. The maximum absolute atomic E-state index is 13.6. The van der Waals surface area contributed by atoms with Crippen LogP contribution in [-0.4, -0.2) is 11.0 Å². The number of nitrogens with zero attached hydrogens (tertiary/aromatic N) is 1. The van der Waals surface area contributed by atoms with E-state index in [1.165, 1.54) is 12.1 Å². The molecule has 1 amide bonds. The SMILES string of the molecule is N#Cc1ccc(NC(=O)c2cc(F)ccc2O)c(F)c1. The van der Waals surface area contributed by atoms with Crippen molar-refractivity contribution in [3.63, 3.8) is 0 Å². The fraction of sp³-hybridized carbons (Fsp3) is 0. The lowest BCUT2D eigenvalue weighted by Crippen LogP contribution is -2.13. The van der Waals surface area contributed by atoms with Crippen molar-refractivity contribution >= 4 is 11.6 Å². The summed E-state index contributed by atoms with van der Waals surface area (Å²) in [6, 6.07) is 8.11. The highest BCUT2D eigenvalue weighted by molar-refractivity contribution is 6.06. The van der Waals surface area contributed by atoms with E-state index in [9.17, 15) is 18.7 Å². The molecule has 0 aliphatic carbocycles. The van der Waals surface area contributed by atoms with Crippen molar-refractivity contribution in [2.24, 2.45) is 0 Å². The number of hydrogen-bond donors (Lipinski definition) is 2. The lowest BCUT2D eigenvalue weighted by molar-refractivity contribution is 0.102. The van der Waals surface area contributed by atoms with Crippen LogP contribution in [0, 0.1) is 23.0 Å². The quantitative estimate of drug-likeness (QED) is 0.884. The first-order valence-corrected chi connectivity index (χ1v) is 5.51. The highest BCUT2D eigenvalue weighted by Crippen LogP contribution is 2.21. The van der Waals surface area contributed by atoms with Gasteiger partial charge in [-0.05, 0) is 36.4 Å². The van der Waals surface area contributed by atoms with Gasteiger partial charge in [0.25, 0.3) is 5.91 Å². The minimum Gasteiger partial charge on any atom is -0.507 e. The molecule has 4 nitrogen and oxygen atoms in total. The van der Waals surface area contributed by atoms with Crippen LogP contribution in [-0.2, 0) is 0 Å². The number of phenolic OH excluding ortho intramolecular Hbond substituents is 1. The second-order valence-corrected chi connectivity index (χ2v) is 3.92. The van der Waals surface area contributed by atoms with E-state index in [2.05, 4.69) is 5.32 Å². The maximum Gasteiger partial charge on any atom is 0.259 e. The van der Waals surface area contributed by atoms with Crippen LogP contribution in [0.3, 0.4) is 0 Å². The lowest BCUT2D eigenvalue weighted by atomic mass is 10.1. The highest BCUT2D eigenvalue weighted by Gasteiger charge is 2.14. The van der Waals surface area contributed by atoms with Gasteiger partial charge in [-0.15, -0.1) is 0 Å². The van der Waals surface area contributed by atoms with Crippen LogP contribution in [0.5, 0.6) is 5.75 Å². The van der Waals surface area contributed by atoms with Crippen molar-refractivity contribution in [1.29, 1.82) is 5.26 Å². The molecule has 20 heavy (non-hydrogen) atoms. The van der Waals surface area contributed by atoms with Crippen LogP contribution in [0.15, 0.2) is 36.4 Å². The topological polar surface area (TPSA) is 73.1 Å². The van der Waals surface area contributed by atoms with E-state index in [0.717, 1.165) is 24.3 Å². The Bertz CT molecular complexity index is 724. The zero-order valence-corrected chi connectivity index (χ0v) is 10.0. The molecule has 0 aromatic heterocycles. The van der Waals surface area contributed by atoms with Gasteiger partial charge in [0.1, 0.15) is 17.4 Å². The molecule has 2 rings (SSSR count). The largest absolute Gasteiger partial charge is 0.507 e. The summed E-state index contributed by atoms with van der Waals surface area (Å²) in [6.45, 7) is 0. The van der Waals surface area contributed by atoms with Gasteiger partial charge in [0.2, 0.25) is 0 Å². The molecule has 0 saturated carbocycles. The predicted octanol–water partition coefficient (Wildman–Crippen LogP) is 2.79. The predicted molar refractivity (Wildman–Crippen MR) is 67.1 cm³/mol. The van der Waals surface area contributed by atoms with Crippen LogP contribution in [0.2, 0.25) is 0 Å². The Morgan fingerprint density at radius 1 is 1.20 bits per heavy atom. The van der Waals surface area contributed by atoms with Crippen molar-refractivity contribution < 1.29 is 18.7 Å². The van der Waals surface area contributed by atoms with E-state index in [1.807, 2.05) is 0 Å². The van der Waals surface area contributed by atoms with E-state index >= 15 is 0 Å². The molecule has 0 fully saturated rings. The minimum absolute atomic E-state index is 0.106. The molecule has 6 heteroatoms. The van der Waals surface area contributed by atoms with E-state index < -0.39 is 23.3 Å². The second kappa shape index (κ2) is 5.36. The number of aromatic hydroxyl groups is 1. The monoisotopic (exact) mass is 274 g/mol. The Hall–Kier alpha value is -2.94. The zero-order chi connectivity index (χ0) is 14.7. The molecule has 0 saturated heterocycles. The second-order valence-electron chi connectivity index (χ2n) is 3.92. The summed E-state index contributed by atoms with van der Waals surface area (Å²) >= 11 is 0. The summed E-state index contributed by atoms with van der Waals surface area (Å²) in [4.78, 5) is 11.8. The third-order valence-electron chi connectivity index (χ3n) is 2.55. The van der Waals surface area contributed by atoms with Gasteiger partial charge in [-0.1, -0.05) is 0 Å². The summed E-state index contributed by atoms with van der Waals surface area (Å²) in [5.41, 5.74) is -0.375. The van der Waals surface area contributed by atoms with Gasteiger partial charge in [0.15, 0.2) is 0 Å². The fourth-order valence-corrected chi connectivity index (χ4v) is 1.57. The Labute approximate surface area is 112 Å². The molecule has 2 N–H and O–H groups in total. The average molecular weight is 274 g/mol. The van der Waals surface area contributed by atoms with Gasteiger partial charge < -0.3 is 10.4 Å². The summed E-state index contributed by atoms with van der Waals surface area (Å²) in [6.07, 6.45) is 0. The summed E-state index contributed by atoms with van der Waals surface area (Å²) in [7, 11) is 0. The van der Waals surface area contributed by atoms with Crippen molar-refractivity contribution in [1.82, 2.24) is 0 Å². The minimum atomic E-state index is -0.856. The average Bonchev–Trinajstić information content (AvgIpc) is 2.43. The molecule has 0 unspecified atom stereocenters. The van der Waals surface area contributed by atoms with E-state index in [4.69, 9.17) is 5.26 Å². The number of nitrogens with one attached hydrogen (secondary N) is 1. The number of carbonyl (C=O) groups excluding carboxylic acids is 1. The molecule has 0 spiro atoms. The number of anilines is 1. The summed E-state index contributed by atoms with van der Waals surface area (Å²) in [5.74, 6) is -2.77. The molecule has 2 aromatic rings. The molecular weight excluding hydrogens is 266 g/mol. The third-order valence-corrected chi connectivity index (χ3v) is 2.55. The van der Waals surface area contributed by atoms with Gasteiger partial charge in [0, 0.05) is 0 Å². The highest BCUT2D eigenvalue weighted by atomic mass is 19.1. The van der Waals surface area contributed by atoms with Gasteiger partial charge in [0.05, 0.1) is 22.9 Å². The smallest absolute Gasteiger partial charge is 0.259 e. The van der Waals surface area contributed by atoms with E-state index in [1.54, 1.807) is 6.07 Å². The van der Waals surface area contributed by atoms with Crippen molar-refractivity contribution in [2.45, 2.75) is 0 Å². The number of nitriles is 1. The summed E-state index contributed by atoms with van der Waals surface area (Å²) < 4.78 is 26.6. The normalized spacial score (nSPS) is 9.85. The first-order valence-electron chi connectivity index (χ1n) is 5.51. The van der Waals surface area contributed by atoms with Gasteiger partial charge in [-0.25, -0.2) is 8.78 Å². The van der Waals surface area contributed by atoms with Crippen LogP contribution in [0.4, 0.5) is 14.5 Å². The summed E-state index contributed by atoms with van der Waals surface area (Å²) in [5, 5.41) is 20.3. The Balaban J connectivity index is 2.28. The van der Waals surface area contributed by atoms with Crippen molar-refractivity contribution in [3.8, 4) is 11.8 Å². The number of halogens is 2. The van der Waals surface area contributed by atoms with Crippen LogP contribution in [0.25, 0.3) is 0 Å². The number of rotatable bonds is 2. The van der Waals surface area contributed by atoms with E-state index in [0.29, 0.717) is 0 Å². The number of amides is 1. The number of carbonyl (C=O) groups is 1. The van der Waals surface area contributed by atoms with Gasteiger partial charge in [-0.3, -0.25) is 4.79 Å². The Morgan fingerprint density at radius 3 is 2.60 bits per heavy atom. The van der Waals surface area contributed by atoms with E-state index in [-0.39, 0.29) is 16.8 Å². The molecule has 0 heterocycles. The standard InChI is InChI=1S/C14H8F2N2O2/c15-9-2-4-13(19)10(6-9)14(20)18-12-3-1-8(7-17)5-11(12)16/h1-6,19H,(H,18,20). The fourth-order valence-electron chi connectivity index (χ4n) is 1.57. The van der Waals surface area contributed by atoms with Crippen LogP contribution in [0.1, 0.15) is 15.9 Å². The molecule has 2 aromatic carbocycles. The number of phenols is 1. The lowest BCUT2D eigenvalue weighted by Gasteiger charge is -2.08. The zero-order valence-electron chi connectivity index (χ0n) is 10.0. The molecular formula is C14H8F2N2O2. The van der Waals surface area contributed by atoms with Crippen LogP contribution < -0.4 is 5.32 Å². The molecule has 0 radical (unpaired) electrons. The first kappa shape index (κ1) is 13.5. The molecule has 0 aliphatic rings. The van der Waals surface area contributed by atoms with Gasteiger partial charge in [-0.2, -0.15) is 5.26 Å². The number of benzene rings is 2. The van der Waals surface area contributed by atoms with Gasteiger partial charge >= 0.3 is 0 Å². The third kappa shape index (κ3) is 2.72. The van der Waals surface area contributed by atoms with Crippen molar-refractivity contribution in [2.75, 3.05) is 5.32 Å². The molecule has 0 atom stereocenters. The van der Waals surface area contributed by atoms with Crippen molar-refractivity contribution in [3.05, 3.63) is 59.2 Å². The molecule has 0 bridgehead atoms. The van der Waals surface area contributed by atoms with Crippen LogP contribution >= 0.6 is 0 Å². The number of hydrogen-bond acceptors (Lipinski definition) is 3. The maximum atomic E-state index is 13.6. The Morgan fingerprint density at radius 2 is 1.95 bits per heavy atom.